The Morgan fingerprint density at radius 1 is 1.33 bits per heavy atom. The van der Waals surface area contributed by atoms with E-state index < -0.39 is 0 Å². The maximum absolute atomic E-state index is 5.92. The van der Waals surface area contributed by atoms with Crippen LogP contribution in [0.25, 0.3) is 0 Å². The van der Waals surface area contributed by atoms with Crippen LogP contribution in [0.15, 0.2) is 40.2 Å². The molecule has 1 aromatic carbocycles. The van der Waals surface area contributed by atoms with Crippen LogP contribution in [0.1, 0.15) is 23.3 Å². The number of rotatable bonds is 5. The fourth-order valence-corrected chi connectivity index (χ4v) is 3.48. The smallest absolute Gasteiger partial charge is 0.119 e. The molecule has 2 nitrogen and oxygen atoms in total. The quantitative estimate of drug-likeness (QED) is 0.901. The summed E-state index contributed by atoms with van der Waals surface area (Å²) in [6.45, 7) is 3.27. The van der Waals surface area contributed by atoms with Crippen molar-refractivity contribution in [1.29, 1.82) is 0 Å². The normalized spacial score (nSPS) is 12.4. The molecule has 0 fully saturated rings. The average Bonchev–Trinajstić information content (AvgIpc) is 2.78. The van der Waals surface area contributed by atoms with E-state index in [1.807, 2.05) is 19.1 Å². The summed E-state index contributed by atoms with van der Waals surface area (Å²) in [7, 11) is 0. The van der Waals surface area contributed by atoms with Gasteiger partial charge in [0.25, 0.3) is 0 Å². The van der Waals surface area contributed by atoms with Gasteiger partial charge in [0.2, 0.25) is 0 Å². The molecule has 0 bridgehead atoms. The zero-order chi connectivity index (χ0) is 13.0. The lowest BCUT2D eigenvalue weighted by Gasteiger charge is -2.14. The van der Waals surface area contributed by atoms with Gasteiger partial charge in [-0.15, -0.1) is 11.3 Å². The van der Waals surface area contributed by atoms with Crippen molar-refractivity contribution in [3.8, 4) is 5.75 Å². The van der Waals surface area contributed by atoms with Gasteiger partial charge in [-0.2, -0.15) is 0 Å². The predicted molar refractivity (Wildman–Crippen MR) is 80.5 cm³/mol. The zero-order valence-electron chi connectivity index (χ0n) is 10.2. The van der Waals surface area contributed by atoms with Crippen LogP contribution in [0.5, 0.6) is 5.75 Å². The van der Waals surface area contributed by atoms with Gasteiger partial charge < -0.3 is 10.5 Å². The van der Waals surface area contributed by atoms with Gasteiger partial charge in [0, 0.05) is 17.3 Å². The molecule has 2 N–H and O–H groups in total. The zero-order valence-corrected chi connectivity index (χ0v) is 12.6. The van der Waals surface area contributed by atoms with Crippen molar-refractivity contribution in [2.75, 3.05) is 13.2 Å². The monoisotopic (exact) mass is 325 g/mol. The average molecular weight is 326 g/mol. The van der Waals surface area contributed by atoms with Crippen LogP contribution in [-0.2, 0) is 0 Å². The Bertz CT molecular complexity index is 512. The van der Waals surface area contributed by atoms with Crippen molar-refractivity contribution < 1.29 is 4.74 Å². The molecule has 1 aromatic heterocycles. The molecule has 1 unspecified atom stereocenters. The van der Waals surface area contributed by atoms with Crippen molar-refractivity contribution in [1.82, 2.24) is 0 Å². The van der Waals surface area contributed by atoms with Gasteiger partial charge in [0.1, 0.15) is 5.75 Å². The van der Waals surface area contributed by atoms with Crippen molar-refractivity contribution >= 4 is 27.3 Å². The SMILES string of the molecule is CCOc1cccc(C(CN)c2ccc(Br)s2)c1. The lowest BCUT2D eigenvalue weighted by molar-refractivity contribution is 0.340. The fourth-order valence-electron chi connectivity index (χ4n) is 1.92. The van der Waals surface area contributed by atoms with Gasteiger partial charge in [-0.1, -0.05) is 12.1 Å². The van der Waals surface area contributed by atoms with Crippen LogP contribution < -0.4 is 10.5 Å². The van der Waals surface area contributed by atoms with Crippen molar-refractivity contribution in [2.45, 2.75) is 12.8 Å². The first-order valence-electron chi connectivity index (χ1n) is 5.92. The summed E-state index contributed by atoms with van der Waals surface area (Å²) in [4.78, 5) is 1.28. The maximum atomic E-state index is 5.92. The molecule has 2 aromatic rings. The van der Waals surface area contributed by atoms with Crippen LogP contribution in [0.3, 0.4) is 0 Å². The first-order chi connectivity index (χ1) is 8.74. The largest absolute Gasteiger partial charge is 0.494 e. The van der Waals surface area contributed by atoms with E-state index in [1.54, 1.807) is 11.3 Å². The minimum atomic E-state index is 0.238. The molecule has 1 heterocycles. The molecule has 0 saturated carbocycles. The molecule has 0 aliphatic heterocycles. The lowest BCUT2D eigenvalue weighted by Crippen LogP contribution is -2.12. The number of nitrogens with two attached hydrogens (primary N) is 1. The highest BCUT2D eigenvalue weighted by molar-refractivity contribution is 9.11. The van der Waals surface area contributed by atoms with E-state index in [0.717, 1.165) is 9.54 Å². The number of halogens is 1. The first-order valence-corrected chi connectivity index (χ1v) is 7.53. The number of hydrogen-bond donors (Lipinski definition) is 1. The molecule has 96 valence electrons. The van der Waals surface area contributed by atoms with Crippen LogP contribution >= 0.6 is 27.3 Å². The van der Waals surface area contributed by atoms with E-state index in [-0.39, 0.29) is 5.92 Å². The third kappa shape index (κ3) is 3.13. The number of thiophene rings is 1. The Balaban J connectivity index is 2.29. The van der Waals surface area contributed by atoms with E-state index in [0.29, 0.717) is 13.2 Å². The maximum Gasteiger partial charge on any atom is 0.119 e. The second-order valence-electron chi connectivity index (χ2n) is 3.94. The highest BCUT2D eigenvalue weighted by Crippen LogP contribution is 2.33. The molecule has 0 spiro atoms. The van der Waals surface area contributed by atoms with Gasteiger partial charge in [-0.05, 0) is 52.7 Å². The van der Waals surface area contributed by atoms with E-state index in [9.17, 15) is 0 Å². The summed E-state index contributed by atoms with van der Waals surface area (Å²) in [5.74, 6) is 1.14. The van der Waals surface area contributed by atoms with Crippen LogP contribution in [-0.4, -0.2) is 13.2 Å². The van der Waals surface area contributed by atoms with Gasteiger partial charge in [0.05, 0.1) is 10.4 Å². The molecular weight excluding hydrogens is 310 g/mol. The highest BCUT2D eigenvalue weighted by Gasteiger charge is 2.15. The standard InChI is InChI=1S/C14H16BrNOS/c1-2-17-11-5-3-4-10(8-11)12(9-16)13-6-7-14(15)18-13/h3-8,12H,2,9,16H2,1H3. The van der Waals surface area contributed by atoms with E-state index in [1.165, 1.54) is 10.4 Å². The van der Waals surface area contributed by atoms with Gasteiger partial charge in [0.15, 0.2) is 0 Å². The Morgan fingerprint density at radius 3 is 2.78 bits per heavy atom. The Morgan fingerprint density at radius 2 is 2.17 bits per heavy atom. The molecule has 1 atom stereocenters. The van der Waals surface area contributed by atoms with Gasteiger partial charge in [-0.25, -0.2) is 0 Å². The second kappa shape index (κ2) is 6.36. The summed E-state index contributed by atoms with van der Waals surface area (Å²) in [6, 6.07) is 12.4. The number of benzene rings is 1. The van der Waals surface area contributed by atoms with Crippen molar-refractivity contribution in [2.24, 2.45) is 5.73 Å². The minimum absolute atomic E-state index is 0.238. The third-order valence-corrected chi connectivity index (χ3v) is 4.48. The Kier molecular flexibility index (Phi) is 4.80. The molecule has 0 radical (unpaired) electrons. The molecular formula is C14H16BrNOS. The molecule has 0 saturated heterocycles. The van der Waals surface area contributed by atoms with Crippen LogP contribution in [0.2, 0.25) is 0 Å². The first kappa shape index (κ1) is 13.6. The molecule has 18 heavy (non-hydrogen) atoms. The van der Waals surface area contributed by atoms with Crippen LogP contribution in [0.4, 0.5) is 0 Å². The highest BCUT2D eigenvalue weighted by atomic mass is 79.9. The molecule has 4 heteroatoms. The van der Waals surface area contributed by atoms with Crippen molar-refractivity contribution in [3.63, 3.8) is 0 Å². The van der Waals surface area contributed by atoms with E-state index in [4.69, 9.17) is 10.5 Å². The lowest BCUT2D eigenvalue weighted by atomic mass is 9.97. The summed E-state index contributed by atoms with van der Waals surface area (Å²) in [5.41, 5.74) is 7.13. The number of ether oxygens (including phenoxy) is 1. The molecule has 2 rings (SSSR count). The minimum Gasteiger partial charge on any atom is -0.494 e. The van der Waals surface area contributed by atoms with Gasteiger partial charge in [-0.3, -0.25) is 0 Å². The fraction of sp³-hybridized carbons (Fsp3) is 0.286. The third-order valence-electron chi connectivity index (χ3n) is 2.74. The topological polar surface area (TPSA) is 35.2 Å². The number of hydrogen-bond acceptors (Lipinski definition) is 3. The predicted octanol–water partition coefficient (Wildman–Crippen LogP) is 4.00. The summed E-state index contributed by atoms with van der Waals surface area (Å²) in [6.07, 6.45) is 0. The summed E-state index contributed by atoms with van der Waals surface area (Å²) in [5, 5.41) is 0. The second-order valence-corrected chi connectivity index (χ2v) is 6.43. The van der Waals surface area contributed by atoms with E-state index >= 15 is 0 Å². The Hall–Kier alpha value is -0.840. The van der Waals surface area contributed by atoms with Crippen LogP contribution in [0, 0.1) is 0 Å². The van der Waals surface area contributed by atoms with Gasteiger partial charge >= 0.3 is 0 Å². The van der Waals surface area contributed by atoms with Crippen molar-refractivity contribution in [3.05, 3.63) is 50.6 Å². The van der Waals surface area contributed by atoms with E-state index in [2.05, 4.69) is 40.2 Å². The Labute approximate surface area is 120 Å². The molecule has 0 amide bonds. The molecule has 0 aliphatic carbocycles. The summed E-state index contributed by atoms with van der Waals surface area (Å²) < 4.78 is 6.67. The summed E-state index contributed by atoms with van der Waals surface area (Å²) >= 11 is 5.22. The molecule has 0 aliphatic rings.